The van der Waals surface area contributed by atoms with Gasteiger partial charge in [-0.25, -0.2) is 9.37 Å². The van der Waals surface area contributed by atoms with Crippen molar-refractivity contribution in [2.75, 3.05) is 5.32 Å². The first-order valence-corrected chi connectivity index (χ1v) is 6.12. The van der Waals surface area contributed by atoms with Crippen molar-refractivity contribution in [1.29, 1.82) is 0 Å². The van der Waals surface area contributed by atoms with E-state index in [-0.39, 0.29) is 18.2 Å². The van der Waals surface area contributed by atoms with Crippen molar-refractivity contribution < 1.29 is 4.39 Å². The van der Waals surface area contributed by atoms with Gasteiger partial charge in [0.15, 0.2) is 0 Å². The molecule has 1 heterocycles. The molecule has 0 bridgehead atoms. The van der Waals surface area contributed by atoms with E-state index in [2.05, 4.69) is 10.3 Å². The number of hydrogen-bond acceptors (Lipinski definition) is 2. The summed E-state index contributed by atoms with van der Waals surface area (Å²) in [6.45, 7) is 2.02. The lowest BCUT2D eigenvalue weighted by molar-refractivity contribution is 0.632. The topological polar surface area (TPSA) is 24.9 Å². The highest BCUT2D eigenvalue weighted by atomic mass is 35.5. The van der Waals surface area contributed by atoms with E-state index in [0.717, 1.165) is 16.5 Å². The van der Waals surface area contributed by atoms with Crippen molar-refractivity contribution in [3.63, 3.8) is 0 Å². The van der Waals surface area contributed by atoms with Crippen molar-refractivity contribution in [2.24, 2.45) is 0 Å². The van der Waals surface area contributed by atoms with E-state index < -0.39 is 0 Å². The molecule has 1 aromatic heterocycles. The summed E-state index contributed by atoms with van der Waals surface area (Å²) in [5.41, 5.74) is 2.45. The number of benzene rings is 2. The first-order valence-electron chi connectivity index (χ1n) is 6.12. The van der Waals surface area contributed by atoms with E-state index >= 15 is 0 Å². The second-order valence-corrected chi connectivity index (χ2v) is 4.45. The van der Waals surface area contributed by atoms with Crippen LogP contribution in [0.2, 0.25) is 0 Å². The third-order valence-corrected chi connectivity index (χ3v) is 3.06. The van der Waals surface area contributed by atoms with Gasteiger partial charge < -0.3 is 5.32 Å². The van der Waals surface area contributed by atoms with Crippen LogP contribution in [0.25, 0.3) is 10.9 Å². The smallest absolute Gasteiger partial charge is 0.146 e. The number of aromatic nitrogens is 1. The molecule has 0 fully saturated rings. The summed E-state index contributed by atoms with van der Waals surface area (Å²) in [6, 6.07) is 16.4. The van der Waals surface area contributed by atoms with Crippen LogP contribution in [0, 0.1) is 12.7 Å². The standard InChI is InChI=1S/C16H13FN2.ClH/c1-11-10-16(18-14-8-4-2-6-12(11)14)19-15-9-5-3-7-13(15)17;/h2-10H,1H3,(H,18,19);1H. The zero-order valence-electron chi connectivity index (χ0n) is 10.9. The molecule has 0 aliphatic rings. The molecule has 3 rings (SSSR count). The Balaban J connectivity index is 0.00000147. The third-order valence-electron chi connectivity index (χ3n) is 3.06. The zero-order chi connectivity index (χ0) is 13.2. The van der Waals surface area contributed by atoms with Gasteiger partial charge in [0.1, 0.15) is 11.6 Å². The molecule has 102 valence electrons. The number of para-hydroxylation sites is 2. The molecule has 3 aromatic rings. The number of nitrogens with zero attached hydrogens (tertiary/aromatic N) is 1. The van der Waals surface area contributed by atoms with Gasteiger partial charge in [-0.15, -0.1) is 12.4 Å². The van der Waals surface area contributed by atoms with Crippen molar-refractivity contribution in [3.05, 3.63) is 66.0 Å². The van der Waals surface area contributed by atoms with Crippen molar-refractivity contribution in [1.82, 2.24) is 4.98 Å². The van der Waals surface area contributed by atoms with Crippen LogP contribution in [0.15, 0.2) is 54.6 Å². The van der Waals surface area contributed by atoms with Gasteiger partial charge in [0.05, 0.1) is 11.2 Å². The quantitative estimate of drug-likeness (QED) is 0.729. The average molecular weight is 289 g/mol. The number of fused-ring (bicyclic) bond motifs is 1. The SMILES string of the molecule is Cc1cc(Nc2ccccc2F)nc2ccccc12.Cl. The lowest BCUT2D eigenvalue weighted by Crippen LogP contribution is -1.97. The van der Waals surface area contributed by atoms with Gasteiger partial charge in [-0.05, 0) is 36.8 Å². The third kappa shape index (κ3) is 2.73. The van der Waals surface area contributed by atoms with Crippen LogP contribution in [-0.2, 0) is 0 Å². The Labute approximate surface area is 123 Å². The molecule has 0 radical (unpaired) electrons. The van der Waals surface area contributed by atoms with Crippen LogP contribution in [-0.4, -0.2) is 4.98 Å². The molecule has 2 nitrogen and oxygen atoms in total. The molecular formula is C16H14ClFN2. The largest absolute Gasteiger partial charge is 0.338 e. The second-order valence-electron chi connectivity index (χ2n) is 4.45. The van der Waals surface area contributed by atoms with Gasteiger partial charge in [-0.3, -0.25) is 0 Å². The van der Waals surface area contributed by atoms with Gasteiger partial charge in [0, 0.05) is 5.39 Å². The predicted molar refractivity (Wildman–Crippen MR) is 83.4 cm³/mol. The molecule has 0 atom stereocenters. The summed E-state index contributed by atoms with van der Waals surface area (Å²) in [7, 11) is 0. The minimum absolute atomic E-state index is 0. The van der Waals surface area contributed by atoms with Gasteiger partial charge in [-0.1, -0.05) is 30.3 Å². The highest BCUT2D eigenvalue weighted by molar-refractivity contribution is 5.85. The molecule has 0 aliphatic carbocycles. The van der Waals surface area contributed by atoms with Gasteiger partial charge in [-0.2, -0.15) is 0 Å². The molecule has 4 heteroatoms. The van der Waals surface area contributed by atoms with Crippen LogP contribution in [0.1, 0.15) is 5.56 Å². The van der Waals surface area contributed by atoms with E-state index in [9.17, 15) is 4.39 Å². The normalized spacial score (nSPS) is 10.1. The summed E-state index contributed by atoms with van der Waals surface area (Å²) in [4.78, 5) is 4.49. The van der Waals surface area contributed by atoms with Gasteiger partial charge >= 0.3 is 0 Å². The molecule has 1 N–H and O–H groups in total. The van der Waals surface area contributed by atoms with Crippen LogP contribution in [0.3, 0.4) is 0 Å². The van der Waals surface area contributed by atoms with Crippen LogP contribution >= 0.6 is 12.4 Å². The number of halogens is 2. The Morgan fingerprint density at radius 2 is 1.70 bits per heavy atom. The van der Waals surface area contributed by atoms with Crippen molar-refractivity contribution in [3.8, 4) is 0 Å². The summed E-state index contributed by atoms with van der Waals surface area (Å²) in [5.74, 6) is 0.372. The maximum atomic E-state index is 13.6. The number of anilines is 2. The van der Waals surface area contributed by atoms with Crippen LogP contribution in [0.4, 0.5) is 15.9 Å². The maximum Gasteiger partial charge on any atom is 0.146 e. The molecule has 2 aromatic carbocycles. The minimum atomic E-state index is -0.282. The van der Waals surface area contributed by atoms with Crippen LogP contribution < -0.4 is 5.32 Å². The van der Waals surface area contributed by atoms with E-state index in [1.54, 1.807) is 18.2 Å². The highest BCUT2D eigenvalue weighted by Crippen LogP contribution is 2.23. The number of hydrogen-bond donors (Lipinski definition) is 1. The average Bonchev–Trinajstić information content (AvgIpc) is 2.42. The van der Waals surface area contributed by atoms with Gasteiger partial charge in [0.25, 0.3) is 0 Å². The van der Waals surface area contributed by atoms with E-state index in [0.29, 0.717) is 11.5 Å². The molecule has 0 saturated heterocycles. The van der Waals surface area contributed by atoms with E-state index in [1.165, 1.54) is 6.07 Å². The van der Waals surface area contributed by atoms with Crippen molar-refractivity contribution >= 4 is 34.8 Å². The molecular weight excluding hydrogens is 275 g/mol. The fourth-order valence-electron chi connectivity index (χ4n) is 2.11. The van der Waals surface area contributed by atoms with Crippen molar-refractivity contribution in [2.45, 2.75) is 6.92 Å². The second kappa shape index (κ2) is 5.88. The lowest BCUT2D eigenvalue weighted by Gasteiger charge is -2.09. The molecule has 0 amide bonds. The van der Waals surface area contributed by atoms with E-state index in [4.69, 9.17) is 0 Å². The Hall–Kier alpha value is -2.13. The molecule has 0 saturated carbocycles. The highest BCUT2D eigenvalue weighted by Gasteiger charge is 2.05. The first-order chi connectivity index (χ1) is 9.24. The predicted octanol–water partition coefficient (Wildman–Crippen LogP) is 4.85. The first kappa shape index (κ1) is 14.3. The lowest BCUT2D eigenvalue weighted by atomic mass is 10.1. The molecule has 20 heavy (non-hydrogen) atoms. The number of nitrogens with one attached hydrogen (secondary N) is 1. The van der Waals surface area contributed by atoms with E-state index in [1.807, 2.05) is 37.3 Å². The number of pyridine rings is 1. The van der Waals surface area contributed by atoms with Crippen LogP contribution in [0.5, 0.6) is 0 Å². The summed E-state index contributed by atoms with van der Waals surface area (Å²) in [6.07, 6.45) is 0. The Morgan fingerprint density at radius 3 is 2.50 bits per heavy atom. The Morgan fingerprint density at radius 1 is 1.00 bits per heavy atom. The summed E-state index contributed by atoms with van der Waals surface area (Å²) >= 11 is 0. The molecule has 0 aliphatic heterocycles. The minimum Gasteiger partial charge on any atom is -0.338 e. The zero-order valence-corrected chi connectivity index (χ0v) is 11.7. The Bertz CT molecular complexity index is 743. The number of rotatable bonds is 2. The summed E-state index contributed by atoms with van der Waals surface area (Å²) < 4.78 is 13.6. The molecule has 0 unspecified atom stereocenters. The molecule has 0 spiro atoms. The number of aryl methyl sites for hydroxylation is 1. The maximum absolute atomic E-state index is 13.6. The Kier molecular flexibility index (Phi) is 4.20. The fourth-order valence-corrected chi connectivity index (χ4v) is 2.11. The monoisotopic (exact) mass is 288 g/mol. The van der Waals surface area contributed by atoms with Gasteiger partial charge in [0.2, 0.25) is 0 Å². The fraction of sp³-hybridized carbons (Fsp3) is 0.0625. The summed E-state index contributed by atoms with van der Waals surface area (Å²) in [5, 5.41) is 4.13.